The number of fused-ring (bicyclic) bond motifs is 3. The minimum atomic E-state index is -1.05. The number of hydrogen-bond donors (Lipinski definition) is 3. The quantitative estimate of drug-likeness (QED) is 0.329. The average Bonchev–Trinajstić information content (AvgIpc) is 3.31. The molecule has 0 aromatic heterocycles. The third-order valence-electron chi connectivity index (χ3n) is 7.57. The highest BCUT2D eigenvalue weighted by Crippen LogP contribution is 2.44. The molecule has 41 heavy (non-hydrogen) atoms. The predicted octanol–water partition coefficient (Wildman–Crippen LogP) is 3.78. The second kappa shape index (κ2) is 13.4. The number of carbonyl (C=O) groups excluding carboxylic acids is 2. The molecule has 3 aromatic rings. The van der Waals surface area contributed by atoms with Crippen LogP contribution in [0.1, 0.15) is 35.4 Å². The van der Waals surface area contributed by atoms with Gasteiger partial charge in [-0.25, -0.2) is 4.79 Å². The zero-order valence-corrected chi connectivity index (χ0v) is 22.8. The number of morpholine rings is 1. The van der Waals surface area contributed by atoms with Crippen molar-refractivity contribution in [1.29, 1.82) is 0 Å². The zero-order chi connectivity index (χ0) is 28.6. The fourth-order valence-electron chi connectivity index (χ4n) is 5.55. The highest BCUT2D eigenvalue weighted by molar-refractivity contribution is 5.86. The van der Waals surface area contributed by atoms with Gasteiger partial charge in [-0.05, 0) is 34.2 Å². The van der Waals surface area contributed by atoms with Crippen molar-refractivity contribution < 1.29 is 29.0 Å². The minimum Gasteiger partial charge on any atom is -0.481 e. The van der Waals surface area contributed by atoms with Gasteiger partial charge >= 0.3 is 12.1 Å². The van der Waals surface area contributed by atoms with Crippen molar-refractivity contribution in [1.82, 2.24) is 15.5 Å². The molecule has 1 saturated heterocycles. The number of carboxylic acids is 1. The van der Waals surface area contributed by atoms with E-state index >= 15 is 0 Å². The summed E-state index contributed by atoms with van der Waals surface area (Å²) >= 11 is 0. The molecule has 0 radical (unpaired) electrons. The SMILES string of the molecule is O=C(O)CCC(NC(=O)OCC1c2ccccc2-c2ccccc21)C(=O)NCC1CN(Cc2ccccc2)CCO1. The van der Waals surface area contributed by atoms with E-state index in [0.717, 1.165) is 35.3 Å². The molecule has 1 fully saturated rings. The summed E-state index contributed by atoms with van der Waals surface area (Å²) in [6.45, 7) is 3.13. The molecule has 1 aliphatic carbocycles. The molecule has 5 rings (SSSR count). The normalized spacial score (nSPS) is 17.2. The Labute approximate surface area is 239 Å². The number of benzene rings is 3. The highest BCUT2D eigenvalue weighted by Gasteiger charge is 2.30. The lowest BCUT2D eigenvalue weighted by Crippen LogP contribution is -2.51. The molecule has 1 heterocycles. The summed E-state index contributed by atoms with van der Waals surface area (Å²) in [7, 11) is 0. The molecule has 2 unspecified atom stereocenters. The molecule has 0 bridgehead atoms. The largest absolute Gasteiger partial charge is 0.481 e. The van der Waals surface area contributed by atoms with Gasteiger partial charge in [0.2, 0.25) is 5.91 Å². The van der Waals surface area contributed by atoms with Crippen LogP contribution in [0.2, 0.25) is 0 Å². The van der Waals surface area contributed by atoms with E-state index in [1.807, 2.05) is 54.6 Å². The fourth-order valence-corrected chi connectivity index (χ4v) is 5.55. The standard InChI is InChI=1S/C32H35N3O6/c36-30(37)15-14-29(31(38)33-18-23-20-35(16-17-40-23)19-22-8-2-1-3-9-22)34-32(39)41-21-28-26-12-6-4-10-24(26)25-11-5-7-13-27(25)28/h1-13,23,28-29H,14-21H2,(H,33,38)(H,34,39)(H,36,37). The molecular formula is C32H35N3O6. The summed E-state index contributed by atoms with van der Waals surface area (Å²) in [6.07, 6.45) is -1.31. The maximum absolute atomic E-state index is 13.1. The van der Waals surface area contributed by atoms with Gasteiger partial charge in [0.05, 0.1) is 12.7 Å². The topological polar surface area (TPSA) is 117 Å². The van der Waals surface area contributed by atoms with Gasteiger partial charge in [-0.1, -0.05) is 78.9 Å². The number of nitrogens with one attached hydrogen (secondary N) is 2. The summed E-state index contributed by atoms with van der Waals surface area (Å²) in [4.78, 5) is 39.4. The molecule has 0 saturated carbocycles. The Bertz CT molecular complexity index is 1320. The van der Waals surface area contributed by atoms with Crippen LogP contribution in [-0.2, 0) is 25.6 Å². The number of hydrogen-bond acceptors (Lipinski definition) is 6. The second-order valence-electron chi connectivity index (χ2n) is 10.4. The molecule has 214 valence electrons. The molecule has 3 N–H and O–H groups in total. The third-order valence-corrected chi connectivity index (χ3v) is 7.57. The summed E-state index contributed by atoms with van der Waals surface area (Å²) in [5, 5.41) is 14.6. The van der Waals surface area contributed by atoms with Gasteiger partial charge < -0.3 is 25.2 Å². The molecule has 2 aliphatic rings. The number of alkyl carbamates (subject to hydrolysis) is 1. The van der Waals surface area contributed by atoms with Gasteiger partial charge in [0.15, 0.2) is 0 Å². The monoisotopic (exact) mass is 557 g/mol. The van der Waals surface area contributed by atoms with Crippen LogP contribution in [0.25, 0.3) is 11.1 Å². The smallest absolute Gasteiger partial charge is 0.407 e. The maximum atomic E-state index is 13.1. The Balaban J connectivity index is 1.15. The summed E-state index contributed by atoms with van der Waals surface area (Å²) in [5.74, 6) is -1.64. The summed E-state index contributed by atoms with van der Waals surface area (Å²) in [6, 6.07) is 25.1. The average molecular weight is 558 g/mol. The van der Waals surface area contributed by atoms with E-state index in [1.54, 1.807) is 0 Å². The fraction of sp³-hybridized carbons (Fsp3) is 0.344. The highest BCUT2D eigenvalue weighted by atomic mass is 16.5. The van der Waals surface area contributed by atoms with Crippen LogP contribution >= 0.6 is 0 Å². The van der Waals surface area contributed by atoms with Gasteiger partial charge in [0, 0.05) is 38.5 Å². The Morgan fingerprint density at radius 3 is 2.29 bits per heavy atom. The molecule has 1 aliphatic heterocycles. The lowest BCUT2D eigenvalue weighted by molar-refractivity contribution is -0.137. The Hall–Kier alpha value is -4.21. The van der Waals surface area contributed by atoms with E-state index < -0.39 is 24.0 Å². The molecule has 3 aromatic carbocycles. The van der Waals surface area contributed by atoms with Crippen molar-refractivity contribution in [3.8, 4) is 11.1 Å². The molecular weight excluding hydrogens is 522 g/mol. The van der Waals surface area contributed by atoms with E-state index in [2.05, 4.69) is 39.8 Å². The first-order valence-corrected chi connectivity index (χ1v) is 14.0. The lowest BCUT2D eigenvalue weighted by Gasteiger charge is -2.33. The Morgan fingerprint density at radius 2 is 1.61 bits per heavy atom. The Kier molecular flexibility index (Phi) is 9.28. The van der Waals surface area contributed by atoms with E-state index in [9.17, 15) is 19.5 Å². The lowest BCUT2D eigenvalue weighted by atomic mass is 9.98. The van der Waals surface area contributed by atoms with Gasteiger partial charge in [-0.2, -0.15) is 0 Å². The number of aliphatic carboxylic acids is 1. The first kappa shape index (κ1) is 28.3. The van der Waals surface area contributed by atoms with E-state index in [0.29, 0.717) is 13.2 Å². The van der Waals surface area contributed by atoms with E-state index in [-0.39, 0.29) is 38.0 Å². The Morgan fingerprint density at radius 1 is 0.951 bits per heavy atom. The second-order valence-corrected chi connectivity index (χ2v) is 10.4. The number of nitrogens with zero attached hydrogens (tertiary/aromatic N) is 1. The van der Waals surface area contributed by atoms with Crippen LogP contribution in [-0.4, -0.2) is 73.0 Å². The van der Waals surface area contributed by atoms with Gasteiger partial charge in [-0.15, -0.1) is 0 Å². The molecule has 9 nitrogen and oxygen atoms in total. The van der Waals surface area contributed by atoms with Crippen LogP contribution in [0.4, 0.5) is 4.79 Å². The van der Waals surface area contributed by atoms with E-state index in [1.165, 1.54) is 5.56 Å². The van der Waals surface area contributed by atoms with Crippen molar-refractivity contribution in [2.24, 2.45) is 0 Å². The zero-order valence-electron chi connectivity index (χ0n) is 22.8. The first-order chi connectivity index (χ1) is 20.0. The number of rotatable bonds is 11. The van der Waals surface area contributed by atoms with Crippen LogP contribution in [0.5, 0.6) is 0 Å². The molecule has 9 heteroatoms. The van der Waals surface area contributed by atoms with Crippen LogP contribution in [0, 0.1) is 0 Å². The van der Waals surface area contributed by atoms with E-state index in [4.69, 9.17) is 9.47 Å². The van der Waals surface area contributed by atoms with Gasteiger partial charge in [0.1, 0.15) is 12.6 Å². The van der Waals surface area contributed by atoms with Crippen molar-refractivity contribution in [2.45, 2.75) is 37.5 Å². The molecule has 2 atom stereocenters. The predicted molar refractivity (Wildman–Crippen MR) is 153 cm³/mol. The number of carbonyl (C=O) groups is 3. The van der Waals surface area contributed by atoms with Crippen molar-refractivity contribution in [2.75, 3.05) is 32.8 Å². The maximum Gasteiger partial charge on any atom is 0.407 e. The van der Waals surface area contributed by atoms with Crippen molar-refractivity contribution >= 4 is 18.0 Å². The molecule has 2 amide bonds. The van der Waals surface area contributed by atoms with Crippen LogP contribution in [0.3, 0.4) is 0 Å². The van der Waals surface area contributed by atoms with Crippen LogP contribution < -0.4 is 10.6 Å². The first-order valence-electron chi connectivity index (χ1n) is 14.0. The third kappa shape index (κ3) is 7.31. The van der Waals surface area contributed by atoms with Gasteiger partial charge in [-0.3, -0.25) is 14.5 Å². The van der Waals surface area contributed by atoms with Crippen molar-refractivity contribution in [3.05, 3.63) is 95.6 Å². The summed E-state index contributed by atoms with van der Waals surface area (Å²) in [5.41, 5.74) is 5.59. The number of ether oxygens (including phenoxy) is 2. The molecule has 0 spiro atoms. The number of carboxylic acid groups (broad SMARTS) is 1. The minimum absolute atomic E-state index is 0.0585. The van der Waals surface area contributed by atoms with Gasteiger partial charge in [0.25, 0.3) is 0 Å². The van der Waals surface area contributed by atoms with Crippen molar-refractivity contribution in [3.63, 3.8) is 0 Å². The summed E-state index contributed by atoms with van der Waals surface area (Å²) < 4.78 is 11.4. The van der Waals surface area contributed by atoms with Crippen LogP contribution in [0.15, 0.2) is 78.9 Å². The number of amides is 2.